The Morgan fingerprint density at radius 2 is 2.06 bits per heavy atom. The van der Waals surface area contributed by atoms with Crippen LogP contribution in [0, 0.1) is 0 Å². The molecule has 17 heavy (non-hydrogen) atoms. The van der Waals surface area contributed by atoms with Gasteiger partial charge in [-0.25, -0.2) is 18.1 Å². The van der Waals surface area contributed by atoms with Crippen molar-refractivity contribution in [1.29, 1.82) is 0 Å². The molecular weight excluding hydrogens is 260 g/mol. The Balaban J connectivity index is 2.59. The van der Waals surface area contributed by atoms with Crippen LogP contribution in [-0.2, 0) is 16.4 Å². The fourth-order valence-electron chi connectivity index (χ4n) is 1.09. The van der Waals surface area contributed by atoms with Crippen molar-refractivity contribution in [3.63, 3.8) is 0 Å². The number of nitrogens with zero attached hydrogens (tertiary/aromatic N) is 2. The first-order valence-corrected chi connectivity index (χ1v) is 7.94. The van der Waals surface area contributed by atoms with E-state index in [0.717, 1.165) is 18.5 Å². The third kappa shape index (κ3) is 5.42. The highest BCUT2D eigenvalue weighted by Gasteiger charge is 2.20. The molecule has 6 nitrogen and oxygen atoms in total. The fraction of sp³-hybridized carbons (Fsp3) is 0.778. The molecule has 0 aromatic carbocycles. The standard InChI is InChI=1S/C9H18N4O2S2/c1-5-7-11-8(16-13-7)12-9(2,3)6-10-17(4,14)15/h10H,5-6H2,1-4H3,(H,11,12,13). The Hall–Kier alpha value is -0.730. The Kier molecular flexibility index (Phi) is 4.45. The fourth-order valence-corrected chi connectivity index (χ4v) is 2.55. The van der Waals surface area contributed by atoms with E-state index in [0.29, 0.717) is 11.7 Å². The number of hydrogen-bond donors (Lipinski definition) is 2. The second-order valence-corrected chi connectivity index (χ2v) is 7.06. The highest BCUT2D eigenvalue weighted by atomic mass is 32.2. The zero-order valence-electron chi connectivity index (χ0n) is 10.4. The summed E-state index contributed by atoms with van der Waals surface area (Å²) >= 11 is 1.28. The van der Waals surface area contributed by atoms with Gasteiger partial charge in [0.15, 0.2) is 0 Å². The zero-order chi connectivity index (χ0) is 13.1. The van der Waals surface area contributed by atoms with Crippen LogP contribution >= 0.6 is 11.5 Å². The minimum Gasteiger partial charge on any atom is -0.354 e. The molecule has 98 valence electrons. The predicted octanol–water partition coefficient (Wildman–Crippen LogP) is 0.840. The summed E-state index contributed by atoms with van der Waals surface area (Å²) in [6.45, 7) is 6.09. The monoisotopic (exact) mass is 278 g/mol. The third-order valence-corrected chi connectivity index (χ3v) is 3.34. The van der Waals surface area contributed by atoms with Gasteiger partial charge in [0, 0.05) is 30.0 Å². The van der Waals surface area contributed by atoms with Crippen molar-refractivity contribution in [1.82, 2.24) is 14.1 Å². The molecule has 0 bridgehead atoms. The molecule has 0 aliphatic heterocycles. The third-order valence-electron chi connectivity index (χ3n) is 2.01. The second-order valence-electron chi connectivity index (χ2n) is 4.47. The van der Waals surface area contributed by atoms with E-state index in [1.807, 2.05) is 20.8 Å². The van der Waals surface area contributed by atoms with E-state index < -0.39 is 15.6 Å². The van der Waals surface area contributed by atoms with Gasteiger partial charge in [-0.3, -0.25) is 0 Å². The minimum atomic E-state index is -3.17. The molecule has 0 amide bonds. The lowest BCUT2D eigenvalue weighted by Crippen LogP contribution is -2.43. The van der Waals surface area contributed by atoms with E-state index in [9.17, 15) is 8.42 Å². The maximum Gasteiger partial charge on any atom is 0.208 e. The van der Waals surface area contributed by atoms with Crippen LogP contribution in [0.25, 0.3) is 0 Å². The molecule has 1 heterocycles. The molecule has 1 rings (SSSR count). The van der Waals surface area contributed by atoms with Gasteiger partial charge in [-0.1, -0.05) is 6.92 Å². The molecule has 0 aliphatic carbocycles. The van der Waals surface area contributed by atoms with Crippen LogP contribution in [-0.4, -0.2) is 36.1 Å². The van der Waals surface area contributed by atoms with Crippen molar-refractivity contribution in [3.05, 3.63) is 5.82 Å². The molecule has 2 N–H and O–H groups in total. The maximum absolute atomic E-state index is 11.0. The number of hydrogen-bond acceptors (Lipinski definition) is 6. The van der Waals surface area contributed by atoms with Crippen molar-refractivity contribution < 1.29 is 8.42 Å². The van der Waals surface area contributed by atoms with Gasteiger partial charge in [0.2, 0.25) is 15.2 Å². The van der Waals surface area contributed by atoms with E-state index in [1.54, 1.807) is 0 Å². The molecule has 8 heteroatoms. The van der Waals surface area contributed by atoms with Gasteiger partial charge >= 0.3 is 0 Å². The normalized spacial score (nSPS) is 12.7. The number of sulfonamides is 1. The van der Waals surface area contributed by atoms with E-state index in [4.69, 9.17) is 0 Å². The van der Waals surface area contributed by atoms with Gasteiger partial charge in [-0.15, -0.1) is 0 Å². The zero-order valence-corrected chi connectivity index (χ0v) is 12.1. The summed E-state index contributed by atoms with van der Waals surface area (Å²) in [5.41, 5.74) is -0.409. The summed E-state index contributed by atoms with van der Waals surface area (Å²) in [7, 11) is -3.17. The summed E-state index contributed by atoms with van der Waals surface area (Å²) in [6.07, 6.45) is 1.93. The van der Waals surface area contributed by atoms with E-state index in [-0.39, 0.29) is 0 Å². The number of aryl methyl sites for hydroxylation is 1. The number of nitrogens with one attached hydrogen (secondary N) is 2. The van der Waals surface area contributed by atoms with Crippen LogP contribution in [0.2, 0.25) is 0 Å². The smallest absolute Gasteiger partial charge is 0.208 e. The Labute approximate surface area is 106 Å². The average molecular weight is 278 g/mol. The molecule has 0 spiro atoms. The molecule has 1 aromatic rings. The molecule has 0 unspecified atom stereocenters. The van der Waals surface area contributed by atoms with E-state index in [2.05, 4.69) is 19.4 Å². The second kappa shape index (κ2) is 5.28. The van der Waals surface area contributed by atoms with Crippen molar-refractivity contribution >= 4 is 26.7 Å². The Morgan fingerprint density at radius 1 is 1.41 bits per heavy atom. The molecular formula is C9H18N4O2S2. The average Bonchev–Trinajstić information content (AvgIpc) is 2.61. The van der Waals surface area contributed by atoms with Gasteiger partial charge < -0.3 is 5.32 Å². The van der Waals surface area contributed by atoms with Crippen LogP contribution in [0.4, 0.5) is 5.13 Å². The number of aromatic nitrogens is 2. The van der Waals surface area contributed by atoms with Crippen LogP contribution in [0.5, 0.6) is 0 Å². The summed E-state index contributed by atoms with van der Waals surface area (Å²) in [5.74, 6) is 0.796. The van der Waals surface area contributed by atoms with Gasteiger partial charge in [0.25, 0.3) is 0 Å². The number of rotatable bonds is 6. The van der Waals surface area contributed by atoms with Gasteiger partial charge in [-0.2, -0.15) is 4.37 Å². The van der Waals surface area contributed by atoms with E-state index in [1.165, 1.54) is 11.5 Å². The van der Waals surface area contributed by atoms with Gasteiger partial charge in [0.05, 0.1) is 6.26 Å². The Bertz CT molecular complexity index is 467. The van der Waals surface area contributed by atoms with Crippen molar-refractivity contribution in [2.45, 2.75) is 32.7 Å². The molecule has 0 radical (unpaired) electrons. The Morgan fingerprint density at radius 3 is 2.53 bits per heavy atom. The number of anilines is 1. The molecule has 1 aromatic heterocycles. The molecule has 0 atom stereocenters. The van der Waals surface area contributed by atoms with Crippen molar-refractivity contribution in [2.24, 2.45) is 0 Å². The highest BCUT2D eigenvalue weighted by Crippen LogP contribution is 2.17. The summed E-state index contributed by atoms with van der Waals surface area (Å²) in [4.78, 5) is 4.28. The van der Waals surface area contributed by atoms with Crippen molar-refractivity contribution in [2.75, 3.05) is 18.1 Å². The summed E-state index contributed by atoms with van der Waals surface area (Å²) < 4.78 is 28.7. The predicted molar refractivity (Wildman–Crippen MR) is 69.8 cm³/mol. The highest BCUT2D eigenvalue weighted by molar-refractivity contribution is 7.88. The SMILES string of the molecule is CCc1nsc(NC(C)(C)CNS(C)(=O)=O)n1. The van der Waals surface area contributed by atoms with Crippen LogP contribution in [0.3, 0.4) is 0 Å². The van der Waals surface area contributed by atoms with Crippen molar-refractivity contribution in [3.8, 4) is 0 Å². The lowest BCUT2D eigenvalue weighted by molar-refractivity contribution is 0.532. The van der Waals surface area contributed by atoms with Gasteiger partial charge in [0.1, 0.15) is 5.82 Å². The van der Waals surface area contributed by atoms with Crippen LogP contribution < -0.4 is 10.0 Å². The first-order valence-electron chi connectivity index (χ1n) is 5.27. The topological polar surface area (TPSA) is 84.0 Å². The largest absolute Gasteiger partial charge is 0.354 e. The van der Waals surface area contributed by atoms with Gasteiger partial charge in [-0.05, 0) is 13.8 Å². The molecule has 0 aliphatic rings. The van der Waals surface area contributed by atoms with Crippen LogP contribution in [0.15, 0.2) is 0 Å². The molecule has 0 saturated heterocycles. The maximum atomic E-state index is 11.0. The molecule has 0 saturated carbocycles. The first kappa shape index (κ1) is 14.3. The van der Waals surface area contributed by atoms with Crippen LogP contribution in [0.1, 0.15) is 26.6 Å². The first-order chi connectivity index (χ1) is 7.72. The quantitative estimate of drug-likeness (QED) is 0.805. The lowest BCUT2D eigenvalue weighted by Gasteiger charge is -2.25. The summed E-state index contributed by atoms with van der Waals surface area (Å²) in [5, 5.41) is 3.87. The summed E-state index contributed by atoms with van der Waals surface area (Å²) in [6, 6.07) is 0. The van der Waals surface area contributed by atoms with E-state index >= 15 is 0 Å². The molecule has 0 fully saturated rings. The minimum absolute atomic E-state index is 0.298. The lowest BCUT2D eigenvalue weighted by atomic mass is 10.1.